The summed E-state index contributed by atoms with van der Waals surface area (Å²) < 4.78 is 0. The number of carbonyl (C=O) groups excluding carboxylic acids is 3. The van der Waals surface area contributed by atoms with Gasteiger partial charge in [0.05, 0.1) is 5.69 Å². The second-order valence-electron chi connectivity index (χ2n) is 5.97. The molecule has 0 bridgehead atoms. The Hall–Kier alpha value is -2.74. The highest BCUT2D eigenvalue weighted by molar-refractivity contribution is 7.14. The molecule has 1 fully saturated rings. The number of carbonyl (C=O) groups is 3. The summed E-state index contributed by atoms with van der Waals surface area (Å²) in [6.07, 6.45) is 2.30. The third kappa shape index (κ3) is 4.63. The van der Waals surface area contributed by atoms with E-state index in [1.165, 1.54) is 25.2 Å². The minimum Gasteiger partial charge on any atom is -0.326 e. The van der Waals surface area contributed by atoms with Crippen molar-refractivity contribution in [3.63, 3.8) is 0 Å². The molecule has 2 aromatic rings. The Kier molecular flexibility index (Phi) is 4.80. The van der Waals surface area contributed by atoms with E-state index in [0.717, 1.165) is 18.5 Å². The Bertz CT molecular complexity index is 808. The molecule has 25 heavy (non-hydrogen) atoms. The number of benzene rings is 1. The molecule has 0 saturated heterocycles. The van der Waals surface area contributed by atoms with E-state index in [1.807, 2.05) is 5.38 Å². The van der Waals surface area contributed by atoms with Gasteiger partial charge in [-0.2, -0.15) is 0 Å². The Balaban J connectivity index is 1.80. The van der Waals surface area contributed by atoms with Crippen molar-refractivity contribution in [1.29, 1.82) is 0 Å². The number of rotatable bonds is 5. The second-order valence-corrected chi connectivity index (χ2v) is 6.83. The van der Waals surface area contributed by atoms with Crippen LogP contribution in [0.1, 0.15) is 48.7 Å². The number of anilines is 3. The van der Waals surface area contributed by atoms with Gasteiger partial charge in [-0.15, -0.1) is 11.3 Å². The Morgan fingerprint density at radius 3 is 2.12 bits per heavy atom. The Labute approximate surface area is 148 Å². The van der Waals surface area contributed by atoms with Crippen LogP contribution in [0.25, 0.3) is 0 Å². The van der Waals surface area contributed by atoms with Gasteiger partial charge in [-0.1, -0.05) is 0 Å². The third-order valence-electron chi connectivity index (χ3n) is 3.57. The first-order valence-corrected chi connectivity index (χ1v) is 8.75. The largest absolute Gasteiger partial charge is 0.326 e. The number of hydrogen-bond acceptors (Lipinski definition) is 5. The molecule has 1 heterocycles. The van der Waals surface area contributed by atoms with Crippen molar-refractivity contribution < 1.29 is 14.4 Å². The lowest BCUT2D eigenvalue weighted by atomic mass is 10.1. The molecular formula is C17H18N4O3S. The molecule has 1 aromatic heterocycles. The maximum Gasteiger partial charge on any atom is 0.257 e. The SMILES string of the molecule is CC(=O)Nc1cc(NC(C)=O)cc(C(=O)Nc2nc(C3CC3)cs2)c1. The van der Waals surface area contributed by atoms with Crippen LogP contribution in [0.5, 0.6) is 0 Å². The molecule has 1 aromatic carbocycles. The quantitative estimate of drug-likeness (QED) is 0.764. The number of hydrogen-bond donors (Lipinski definition) is 3. The minimum absolute atomic E-state index is 0.264. The summed E-state index contributed by atoms with van der Waals surface area (Å²) in [7, 11) is 0. The minimum atomic E-state index is -0.351. The van der Waals surface area contributed by atoms with Gasteiger partial charge in [0.15, 0.2) is 5.13 Å². The number of nitrogens with one attached hydrogen (secondary N) is 3. The lowest BCUT2D eigenvalue weighted by Crippen LogP contribution is -2.15. The zero-order chi connectivity index (χ0) is 18.0. The molecule has 3 rings (SSSR count). The molecule has 1 aliphatic carbocycles. The lowest BCUT2D eigenvalue weighted by molar-refractivity contribution is -0.115. The van der Waals surface area contributed by atoms with Crippen LogP contribution in [0.3, 0.4) is 0 Å². The van der Waals surface area contributed by atoms with E-state index in [0.29, 0.717) is 28.0 Å². The molecule has 7 nitrogen and oxygen atoms in total. The smallest absolute Gasteiger partial charge is 0.257 e. The van der Waals surface area contributed by atoms with Crippen molar-refractivity contribution in [2.24, 2.45) is 0 Å². The van der Waals surface area contributed by atoms with E-state index >= 15 is 0 Å². The van der Waals surface area contributed by atoms with Crippen LogP contribution in [0.2, 0.25) is 0 Å². The highest BCUT2D eigenvalue weighted by Crippen LogP contribution is 2.40. The molecule has 0 atom stereocenters. The van der Waals surface area contributed by atoms with Crippen LogP contribution in [0, 0.1) is 0 Å². The summed E-state index contributed by atoms with van der Waals surface area (Å²) in [5, 5.41) is 10.5. The molecule has 1 aliphatic rings. The van der Waals surface area contributed by atoms with Crippen molar-refractivity contribution in [1.82, 2.24) is 4.98 Å². The van der Waals surface area contributed by atoms with E-state index in [1.54, 1.807) is 18.2 Å². The fourth-order valence-corrected chi connectivity index (χ4v) is 3.18. The topological polar surface area (TPSA) is 100 Å². The molecule has 3 N–H and O–H groups in total. The van der Waals surface area contributed by atoms with Gasteiger partial charge in [0.2, 0.25) is 11.8 Å². The van der Waals surface area contributed by atoms with Crippen LogP contribution in [0.15, 0.2) is 23.6 Å². The predicted molar refractivity (Wildman–Crippen MR) is 97.1 cm³/mol. The number of amides is 3. The van der Waals surface area contributed by atoms with Gasteiger partial charge in [0.25, 0.3) is 5.91 Å². The average Bonchev–Trinajstić information content (AvgIpc) is 3.26. The standard InChI is InChI=1S/C17H18N4O3S/c1-9(22)18-13-5-12(6-14(7-13)19-10(2)23)16(24)21-17-20-15(8-25-17)11-3-4-11/h5-8,11H,3-4H2,1-2H3,(H,18,22)(H,19,23)(H,20,21,24). The number of aromatic nitrogens is 1. The van der Waals surface area contributed by atoms with Gasteiger partial charge < -0.3 is 10.6 Å². The molecule has 130 valence electrons. The van der Waals surface area contributed by atoms with Gasteiger partial charge in [-0.3, -0.25) is 19.7 Å². The Morgan fingerprint density at radius 2 is 1.60 bits per heavy atom. The average molecular weight is 358 g/mol. The first-order chi connectivity index (χ1) is 11.9. The molecule has 8 heteroatoms. The van der Waals surface area contributed by atoms with Crippen LogP contribution < -0.4 is 16.0 Å². The maximum absolute atomic E-state index is 12.5. The molecule has 0 unspecified atom stereocenters. The monoisotopic (exact) mass is 358 g/mol. The van der Waals surface area contributed by atoms with Crippen LogP contribution in [-0.4, -0.2) is 22.7 Å². The van der Waals surface area contributed by atoms with E-state index < -0.39 is 0 Å². The molecule has 3 amide bonds. The Morgan fingerprint density at radius 1 is 1.00 bits per heavy atom. The van der Waals surface area contributed by atoms with Gasteiger partial charge in [0.1, 0.15) is 0 Å². The summed E-state index contributed by atoms with van der Waals surface area (Å²) in [5.41, 5.74) is 2.20. The van der Waals surface area contributed by atoms with Crippen molar-refractivity contribution >= 4 is 45.6 Å². The van der Waals surface area contributed by atoms with Crippen molar-refractivity contribution in [3.8, 4) is 0 Å². The van der Waals surface area contributed by atoms with Gasteiger partial charge >= 0.3 is 0 Å². The van der Waals surface area contributed by atoms with Crippen LogP contribution in [-0.2, 0) is 9.59 Å². The number of nitrogens with zero attached hydrogens (tertiary/aromatic N) is 1. The van der Waals surface area contributed by atoms with Crippen LogP contribution >= 0.6 is 11.3 Å². The van der Waals surface area contributed by atoms with E-state index in [4.69, 9.17) is 0 Å². The highest BCUT2D eigenvalue weighted by atomic mass is 32.1. The summed E-state index contributed by atoms with van der Waals surface area (Å²) in [4.78, 5) is 39.5. The maximum atomic E-state index is 12.5. The number of thiazole rings is 1. The molecule has 0 radical (unpaired) electrons. The van der Waals surface area contributed by atoms with Gasteiger partial charge in [-0.05, 0) is 31.0 Å². The van der Waals surface area contributed by atoms with Crippen molar-refractivity contribution in [2.75, 3.05) is 16.0 Å². The summed E-state index contributed by atoms with van der Waals surface area (Å²) in [6.45, 7) is 2.75. The normalized spacial score (nSPS) is 13.2. The first-order valence-electron chi connectivity index (χ1n) is 7.88. The van der Waals surface area contributed by atoms with Crippen molar-refractivity contribution in [3.05, 3.63) is 34.8 Å². The summed E-state index contributed by atoms with van der Waals surface area (Å²) in [5.74, 6) is -0.354. The van der Waals surface area contributed by atoms with E-state index in [2.05, 4.69) is 20.9 Å². The molecular weight excluding hydrogens is 340 g/mol. The predicted octanol–water partition coefficient (Wildman–Crippen LogP) is 3.19. The zero-order valence-corrected chi connectivity index (χ0v) is 14.7. The summed E-state index contributed by atoms with van der Waals surface area (Å²) in [6, 6.07) is 4.70. The van der Waals surface area contributed by atoms with E-state index in [-0.39, 0.29) is 17.7 Å². The molecule has 0 spiro atoms. The van der Waals surface area contributed by atoms with Crippen molar-refractivity contribution in [2.45, 2.75) is 32.6 Å². The van der Waals surface area contributed by atoms with Crippen LogP contribution in [0.4, 0.5) is 16.5 Å². The highest BCUT2D eigenvalue weighted by Gasteiger charge is 2.26. The summed E-state index contributed by atoms with van der Waals surface area (Å²) >= 11 is 1.39. The zero-order valence-electron chi connectivity index (χ0n) is 13.9. The first kappa shape index (κ1) is 17.1. The second kappa shape index (κ2) is 7.02. The lowest BCUT2D eigenvalue weighted by Gasteiger charge is -2.10. The fraction of sp³-hybridized carbons (Fsp3) is 0.294. The van der Waals surface area contributed by atoms with E-state index in [9.17, 15) is 14.4 Å². The fourth-order valence-electron chi connectivity index (χ4n) is 2.39. The third-order valence-corrected chi connectivity index (χ3v) is 4.35. The van der Waals surface area contributed by atoms with Gasteiger partial charge in [0, 0.05) is 42.1 Å². The van der Waals surface area contributed by atoms with Gasteiger partial charge in [-0.25, -0.2) is 4.98 Å². The molecule has 1 saturated carbocycles. The molecule has 0 aliphatic heterocycles.